The molecule has 3 rings (SSSR count). The Balaban J connectivity index is 0.000000259. The Labute approximate surface area is 212 Å². The zero-order chi connectivity index (χ0) is 26.2. The number of rotatable bonds is 11. The molecule has 0 saturated carbocycles. The minimum absolute atomic E-state index is 0.269. The van der Waals surface area contributed by atoms with Crippen LogP contribution in [-0.2, 0) is 9.47 Å². The summed E-state index contributed by atoms with van der Waals surface area (Å²) in [6, 6.07) is 23.7. The molecule has 0 fully saturated rings. The molecule has 0 aromatic heterocycles. The zero-order valence-corrected chi connectivity index (χ0v) is 20.8. The average Bonchev–Trinajstić information content (AvgIpc) is 2.93. The quantitative estimate of drug-likeness (QED) is 0.135. The van der Waals surface area contributed by atoms with Gasteiger partial charge in [-0.05, 0) is 25.0 Å². The Hall–Kier alpha value is -4.06. The lowest BCUT2D eigenvalue weighted by Gasteiger charge is -2.09. The lowest BCUT2D eigenvalue weighted by molar-refractivity contribution is 0.0452. The maximum absolute atomic E-state index is 11.9. The van der Waals surface area contributed by atoms with Crippen LogP contribution in [0.5, 0.6) is 0 Å². The molecule has 3 aromatic rings. The molecule has 0 spiro atoms. The minimum Gasteiger partial charge on any atom is -0.462 e. The van der Waals surface area contributed by atoms with Crippen molar-refractivity contribution in [2.45, 2.75) is 39.5 Å². The molecular formula is C30H32O6. The van der Waals surface area contributed by atoms with Crippen LogP contribution in [0, 0.1) is 0 Å². The molecule has 0 heterocycles. The second kappa shape index (κ2) is 15.8. The first-order valence-corrected chi connectivity index (χ1v) is 12.1. The summed E-state index contributed by atoms with van der Waals surface area (Å²) in [5.74, 6) is -1.87. The summed E-state index contributed by atoms with van der Waals surface area (Å²) >= 11 is 0. The van der Waals surface area contributed by atoms with Gasteiger partial charge in [0.1, 0.15) is 0 Å². The highest BCUT2D eigenvalue weighted by atomic mass is 16.5. The fraction of sp³-hybridized carbons (Fsp3) is 0.267. The van der Waals surface area contributed by atoms with Crippen LogP contribution in [0.1, 0.15) is 81.0 Å². The standard InChI is InChI=1S/C16H22O4.C14H10O2/c1-3-5-11-19-15(17)13-9-7-8-10-14(13)16(18)20-12-6-4-2;15-13(11-7-3-1-4-8-11)14(16)12-9-5-2-6-10-12/h7-10H,3-6,11-12H2,1-2H3;1-10H. The minimum atomic E-state index is -0.471. The Bertz CT molecular complexity index is 1030. The van der Waals surface area contributed by atoms with Crippen molar-refractivity contribution in [1.29, 1.82) is 0 Å². The van der Waals surface area contributed by atoms with E-state index in [2.05, 4.69) is 0 Å². The van der Waals surface area contributed by atoms with Crippen molar-refractivity contribution < 1.29 is 28.7 Å². The van der Waals surface area contributed by atoms with Crippen molar-refractivity contribution in [3.63, 3.8) is 0 Å². The largest absolute Gasteiger partial charge is 0.462 e. The Kier molecular flexibility index (Phi) is 12.3. The molecule has 0 aliphatic rings. The van der Waals surface area contributed by atoms with Gasteiger partial charge in [-0.3, -0.25) is 9.59 Å². The van der Waals surface area contributed by atoms with Crippen molar-refractivity contribution >= 4 is 23.5 Å². The van der Waals surface area contributed by atoms with Crippen LogP contribution in [0.4, 0.5) is 0 Å². The molecule has 0 bridgehead atoms. The van der Waals surface area contributed by atoms with Gasteiger partial charge in [-0.15, -0.1) is 0 Å². The third-order valence-electron chi connectivity index (χ3n) is 5.11. The van der Waals surface area contributed by atoms with Crippen LogP contribution in [0.3, 0.4) is 0 Å². The number of hydrogen-bond acceptors (Lipinski definition) is 6. The predicted octanol–water partition coefficient (Wildman–Crippen LogP) is 6.35. The molecule has 0 atom stereocenters. The van der Waals surface area contributed by atoms with E-state index < -0.39 is 23.5 Å². The van der Waals surface area contributed by atoms with Crippen LogP contribution < -0.4 is 0 Å². The third-order valence-corrected chi connectivity index (χ3v) is 5.11. The van der Waals surface area contributed by atoms with Gasteiger partial charge in [-0.2, -0.15) is 0 Å². The summed E-state index contributed by atoms with van der Waals surface area (Å²) in [6.45, 7) is 4.78. The summed E-state index contributed by atoms with van der Waals surface area (Å²) in [4.78, 5) is 47.5. The first-order chi connectivity index (χ1) is 17.5. The van der Waals surface area contributed by atoms with Crippen molar-refractivity contribution in [2.75, 3.05) is 13.2 Å². The fourth-order valence-corrected chi connectivity index (χ4v) is 3.05. The van der Waals surface area contributed by atoms with E-state index in [-0.39, 0.29) is 11.1 Å². The summed E-state index contributed by atoms with van der Waals surface area (Å²) < 4.78 is 10.3. The van der Waals surface area contributed by atoms with E-state index in [4.69, 9.17) is 9.47 Å². The van der Waals surface area contributed by atoms with E-state index in [0.29, 0.717) is 24.3 Å². The predicted molar refractivity (Wildman–Crippen MR) is 138 cm³/mol. The molecule has 0 aliphatic heterocycles. The fourth-order valence-electron chi connectivity index (χ4n) is 3.05. The summed E-state index contributed by atoms with van der Waals surface area (Å²) in [5, 5.41) is 0. The molecule has 0 aliphatic carbocycles. The van der Waals surface area contributed by atoms with Gasteiger partial charge in [0.05, 0.1) is 24.3 Å². The highest BCUT2D eigenvalue weighted by molar-refractivity contribution is 6.49. The molecule has 6 nitrogen and oxygen atoms in total. The van der Waals surface area contributed by atoms with E-state index >= 15 is 0 Å². The zero-order valence-electron chi connectivity index (χ0n) is 20.8. The van der Waals surface area contributed by atoms with Crippen LogP contribution in [-0.4, -0.2) is 36.7 Å². The van der Waals surface area contributed by atoms with E-state index in [9.17, 15) is 19.2 Å². The Morgan fingerprint density at radius 1 is 0.528 bits per heavy atom. The molecular weight excluding hydrogens is 456 g/mol. The van der Waals surface area contributed by atoms with Crippen molar-refractivity contribution in [1.82, 2.24) is 0 Å². The lowest BCUT2D eigenvalue weighted by atomic mass is 10.0. The number of unbranched alkanes of at least 4 members (excludes halogenated alkanes) is 2. The number of benzene rings is 3. The molecule has 0 radical (unpaired) electrons. The van der Waals surface area contributed by atoms with Crippen LogP contribution >= 0.6 is 0 Å². The average molecular weight is 489 g/mol. The number of ketones is 2. The van der Waals surface area contributed by atoms with Crippen molar-refractivity contribution in [2.24, 2.45) is 0 Å². The number of ether oxygens (including phenoxy) is 2. The van der Waals surface area contributed by atoms with Gasteiger partial charge < -0.3 is 9.47 Å². The monoisotopic (exact) mass is 488 g/mol. The molecule has 6 heteroatoms. The van der Waals surface area contributed by atoms with Crippen LogP contribution in [0.2, 0.25) is 0 Å². The van der Waals surface area contributed by atoms with Gasteiger partial charge in [0, 0.05) is 11.1 Å². The molecule has 0 saturated heterocycles. The molecule has 36 heavy (non-hydrogen) atoms. The van der Waals surface area contributed by atoms with Gasteiger partial charge in [0.25, 0.3) is 0 Å². The highest BCUT2D eigenvalue weighted by Gasteiger charge is 2.19. The van der Waals surface area contributed by atoms with E-state index in [1.165, 1.54) is 0 Å². The van der Waals surface area contributed by atoms with Gasteiger partial charge in [-0.25, -0.2) is 9.59 Å². The first kappa shape index (κ1) is 28.2. The maximum Gasteiger partial charge on any atom is 0.339 e. The number of Topliss-reactive ketones (excluding diaryl/α,β-unsaturated/α-hetero) is 2. The summed E-state index contributed by atoms with van der Waals surface area (Å²) in [7, 11) is 0. The molecule has 0 unspecified atom stereocenters. The lowest BCUT2D eigenvalue weighted by Crippen LogP contribution is -2.14. The van der Waals surface area contributed by atoms with E-state index in [0.717, 1.165) is 25.7 Å². The molecule has 188 valence electrons. The van der Waals surface area contributed by atoms with Crippen LogP contribution in [0.25, 0.3) is 0 Å². The summed E-state index contributed by atoms with van der Waals surface area (Å²) in [6.07, 6.45) is 3.53. The Morgan fingerprint density at radius 2 is 0.861 bits per heavy atom. The normalized spacial score (nSPS) is 9.94. The van der Waals surface area contributed by atoms with Crippen molar-refractivity contribution in [3.05, 3.63) is 107 Å². The second-order valence-electron chi connectivity index (χ2n) is 7.91. The van der Waals surface area contributed by atoms with Gasteiger partial charge in [-0.1, -0.05) is 99.5 Å². The number of esters is 2. The summed E-state index contributed by atoms with van der Waals surface area (Å²) in [5.41, 5.74) is 1.39. The number of carbonyl (C=O) groups is 4. The number of hydrogen-bond donors (Lipinski definition) is 0. The number of carbonyl (C=O) groups excluding carboxylic acids is 4. The maximum atomic E-state index is 11.9. The Morgan fingerprint density at radius 3 is 1.19 bits per heavy atom. The van der Waals surface area contributed by atoms with Gasteiger partial charge >= 0.3 is 11.9 Å². The molecule has 0 amide bonds. The van der Waals surface area contributed by atoms with E-state index in [1.54, 1.807) is 72.8 Å². The topological polar surface area (TPSA) is 86.7 Å². The molecule has 3 aromatic carbocycles. The SMILES string of the molecule is CCCCOC(=O)c1ccccc1C(=O)OCCCC.O=C(C(=O)c1ccccc1)c1ccccc1. The molecule has 0 N–H and O–H groups in total. The first-order valence-electron chi connectivity index (χ1n) is 12.1. The van der Waals surface area contributed by atoms with Crippen LogP contribution in [0.15, 0.2) is 84.9 Å². The van der Waals surface area contributed by atoms with Gasteiger partial charge in [0.15, 0.2) is 0 Å². The van der Waals surface area contributed by atoms with Gasteiger partial charge in [0.2, 0.25) is 11.6 Å². The van der Waals surface area contributed by atoms with E-state index in [1.807, 2.05) is 26.0 Å². The third kappa shape index (κ3) is 8.95. The second-order valence-corrected chi connectivity index (χ2v) is 7.91. The van der Waals surface area contributed by atoms with Crippen molar-refractivity contribution in [3.8, 4) is 0 Å². The smallest absolute Gasteiger partial charge is 0.339 e. The highest BCUT2D eigenvalue weighted by Crippen LogP contribution is 2.13.